The van der Waals surface area contributed by atoms with Gasteiger partial charge in [-0.3, -0.25) is 0 Å². The molecule has 0 N–H and O–H groups in total. The van der Waals surface area contributed by atoms with Crippen molar-refractivity contribution in [3.05, 3.63) is 47.4 Å². The van der Waals surface area contributed by atoms with E-state index >= 15 is 0 Å². The highest BCUT2D eigenvalue weighted by Gasteiger charge is 2.31. The van der Waals surface area contributed by atoms with Crippen LogP contribution < -0.4 is 4.90 Å². The minimum atomic E-state index is 0.162. The molecule has 1 atom stereocenters. The van der Waals surface area contributed by atoms with E-state index in [2.05, 4.69) is 20.3 Å². The van der Waals surface area contributed by atoms with E-state index in [1.165, 1.54) is 0 Å². The number of anilines is 1. The van der Waals surface area contributed by atoms with Crippen LogP contribution in [0.15, 0.2) is 41.2 Å². The smallest absolute Gasteiger partial charge is 0.227 e. The zero-order valence-electron chi connectivity index (χ0n) is 12.7. The van der Waals surface area contributed by atoms with Gasteiger partial charge in [0.15, 0.2) is 5.76 Å². The van der Waals surface area contributed by atoms with Gasteiger partial charge in [-0.25, -0.2) is 0 Å². The SMILES string of the molecule is Cn1cnnc1N1CCC[C@@H]1c1cc(-c2cccc(Cl)c2)on1. The first-order valence-electron chi connectivity index (χ1n) is 7.55. The summed E-state index contributed by atoms with van der Waals surface area (Å²) >= 11 is 6.05. The Labute approximate surface area is 138 Å². The molecule has 0 spiro atoms. The van der Waals surface area contributed by atoms with Gasteiger partial charge in [-0.2, -0.15) is 0 Å². The molecule has 0 amide bonds. The van der Waals surface area contributed by atoms with Gasteiger partial charge in [0.1, 0.15) is 12.0 Å². The van der Waals surface area contributed by atoms with E-state index in [9.17, 15) is 0 Å². The van der Waals surface area contributed by atoms with Crippen molar-refractivity contribution in [2.45, 2.75) is 18.9 Å². The van der Waals surface area contributed by atoms with Crippen molar-refractivity contribution in [3.8, 4) is 11.3 Å². The second-order valence-electron chi connectivity index (χ2n) is 5.72. The number of rotatable bonds is 3. The van der Waals surface area contributed by atoms with Crippen molar-refractivity contribution in [2.75, 3.05) is 11.4 Å². The molecule has 118 valence electrons. The molecule has 2 aromatic heterocycles. The predicted molar refractivity (Wildman–Crippen MR) is 87.3 cm³/mol. The third-order valence-corrected chi connectivity index (χ3v) is 4.41. The first-order chi connectivity index (χ1) is 11.2. The predicted octanol–water partition coefficient (Wildman–Crippen LogP) is 3.47. The summed E-state index contributed by atoms with van der Waals surface area (Å²) in [6.07, 6.45) is 3.83. The maximum absolute atomic E-state index is 6.05. The number of halogens is 1. The molecule has 0 saturated carbocycles. The van der Waals surface area contributed by atoms with Crippen molar-refractivity contribution in [3.63, 3.8) is 0 Å². The fourth-order valence-electron chi connectivity index (χ4n) is 3.07. The summed E-state index contributed by atoms with van der Waals surface area (Å²) in [7, 11) is 1.95. The van der Waals surface area contributed by atoms with Gasteiger partial charge < -0.3 is 14.0 Å². The van der Waals surface area contributed by atoms with Crippen molar-refractivity contribution in [2.24, 2.45) is 7.05 Å². The topological polar surface area (TPSA) is 60.0 Å². The van der Waals surface area contributed by atoms with Gasteiger partial charge in [-0.15, -0.1) is 10.2 Å². The molecule has 0 radical (unpaired) electrons. The summed E-state index contributed by atoms with van der Waals surface area (Å²) in [5.74, 6) is 1.59. The lowest BCUT2D eigenvalue weighted by Gasteiger charge is -2.22. The van der Waals surface area contributed by atoms with Gasteiger partial charge >= 0.3 is 0 Å². The Bertz CT molecular complexity index is 827. The standard InChI is InChI=1S/C16H16ClN5O/c1-21-10-18-19-16(21)22-7-3-6-14(22)13-9-15(23-20-13)11-4-2-5-12(17)8-11/h2,4-5,8-10,14H,3,6-7H2,1H3/t14-/m1/s1. The van der Waals surface area contributed by atoms with E-state index in [-0.39, 0.29) is 6.04 Å². The summed E-state index contributed by atoms with van der Waals surface area (Å²) in [4.78, 5) is 2.23. The monoisotopic (exact) mass is 329 g/mol. The Morgan fingerprint density at radius 2 is 2.22 bits per heavy atom. The summed E-state index contributed by atoms with van der Waals surface area (Å²) < 4.78 is 7.46. The van der Waals surface area contributed by atoms with Crippen molar-refractivity contribution >= 4 is 17.5 Å². The molecular weight excluding hydrogens is 314 g/mol. The zero-order valence-corrected chi connectivity index (χ0v) is 13.4. The minimum Gasteiger partial charge on any atom is -0.356 e. The first-order valence-corrected chi connectivity index (χ1v) is 7.93. The summed E-state index contributed by atoms with van der Waals surface area (Å²) in [5, 5.41) is 13.1. The molecule has 3 aromatic rings. The lowest BCUT2D eigenvalue weighted by atomic mass is 10.1. The molecule has 1 aliphatic rings. The van der Waals surface area contributed by atoms with Gasteiger partial charge in [-0.05, 0) is 25.0 Å². The highest BCUT2D eigenvalue weighted by atomic mass is 35.5. The molecule has 0 unspecified atom stereocenters. The highest BCUT2D eigenvalue weighted by Crippen LogP contribution is 2.36. The number of aryl methyl sites for hydroxylation is 1. The molecule has 3 heterocycles. The number of hydrogen-bond acceptors (Lipinski definition) is 5. The van der Waals surface area contributed by atoms with Crippen LogP contribution in [0.2, 0.25) is 5.02 Å². The normalized spacial score (nSPS) is 17.8. The Morgan fingerprint density at radius 1 is 1.30 bits per heavy atom. The van der Waals surface area contributed by atoms with E-state index in [0.29, 0.717) is 5.02 Å². The Hall–Kier alpha value is -2.34. The van der Waals surface area contributed by atoms with E-state index in [4.69, 9.17) is 16.1 Å². The van der Waals surface area contributed by atoms with Crippen LogP contribution >= 0.6 is 11.6 Å². The molecule has 1 aliphatic heterocycles. The maximum Gasteiger partial charge on any atom is 0.227 e. The Balaban J connectivity index is 1.65. The second-order valence-corrected chi connectivity index (χ2v) is 6.16. The summed E-state index contributed by atoms with van der Waals surface area (Å²) in [5.41, 5.74) is 1.85. The highest BCUT2D eigenvalue weighted by molar-refractivity contribution is 6.30. The first kappa shape index (κ1) is 14.3. The minimum absolute atomic E-state index is 0.162. The number of hydrogen-bond donors (Lipinski definition) is 0. The van der Waals surface area contributed by atoms with Crippen molar-refractivity contribution in [1.29, 1.82) is 0 Å². The molecule has 0 bridgehead atoms. The number of nitrogens with zero attached hydrogens (tertiary/aromatic N) is 5. The second kappa shape index (κ2) is 5.70. The van der Waals surface area contributed by atoms with Gasteiger partial charge in [0.2, 0.25) is 5.95 Å². The van der Waals surface area contributed by atoms with Gasteiger partial charge in [0.05, 0.1) is 6.04 Å². The summed E-state index contributed by atoms with van der Waals surface area (Å²) in [6.45, 7) is 0.941. The molecule has 7 heteroatoms. The van der Waals surface area contributed by atoms with Crippen LogP contribution in [0.4, 0.5) is 5.95 Å². The van der Waals surface area contributed by atoms with Crippen LogP contribution in [0.25, 0.3) is 11.3 Å². The zero-order chi connectivity index (χ0) is 15.8. The molecular formula is C16H16ClN5O. The molecule has 6 nitrogen and oxygen atoms in total. The van der Waals surface area contributed by atoms with E-state index < -0.39 is 0 Å². The van der Waals surface area contributed by atoms with Crippen LogP contribution in [0.5, 0.6) is 0 Å². The number of benzene rings is 1. The van der Waals surface area contributed by atoms with Gasteiger partial charge in [-0.1, -0.05) is 28.9 Å². The van der Waals surface area contributed by atoms with Gasteiger partial charge in [0.25, 0.3) is 0 Å². The summed E-state index contributed by atoms with van der Waals surface area (Å²) in [6, 6.07) is 9.74. The van der Waals surface area contributed by atoms with E-state index in [1.54, 1.807) is 6.33 Å². The fourth-order valence-corrected chi connectivity index (χ4v) is 3.26. The molecule has 0 aliphatic carbocycles. The van der Waals surface area contributed by atoms with Crippen LogP contribution in [0.1, 0.15) is 24.6 Å². The molecule has 1 saturated heterocycles. The fraction of sp³-hybridized carbons (Fsp3) is 0.312. The van der Waals surface area contributed by atoms with E-state index in [0.717, 1.165) is 42.4 Å². The van der Waals surface area contributed by atoms with Crippen molar-refractivity contribution < 1.29 is 4.52 Å². The molecule has 4 rings (SSSR count). The van der Waals surface area contributed by atoms with Crippen LogP contribution in [-0.2, 0) is 7.05 Å². The Kier molecular flexibility index (Phi) is 3.53. The van der Waals surface area contributed by atoms with E-state index in [1.807, 2.05) is 41.9 Å². The molecule has 23 heavy (non-hydrogen) atoms. The van der Waals surface area contributed by atoms with Crippen LogP contribution in [0, 0.1) is 0 Å². The maximum atomic E-state index is 6.05. The van der Waals surface area contributed by atoms with Crippen molar-refractivity contribution in [1.82, 2.24) is 19.9 Å². The average molecular weight is 330 g/mol. The van der Waals surface area contributed by atoms with Crippen LogP contribution in [-0.4, -0.2) is 26.5 Å². The quantitative estimate of drug-likeness (QED) is 0.736. The lowest BCUT2D eigenvalue weighted by molar-refractivity contribution is 0.416. The number of aromatic nitrogens is 4. The molecule has 1 aromatic carbocycles. The van der Waals surface area contributed by atoms with Gasteiger partial charge in [0, 0.05) is 30.2 Å². The third-order valence-electron chi connectivity index (χ3n) is 4.18. The third kappa shape index (κ3) is 2.59. The lowest BCUT2D eigenvalue weighted by Crippen LogP contribution is -2.25. The average Bonchev–Trinajstić information content (AvgIpc) is 3.26. The Morgan fingerprint density at radius 3 is 3.00 bits per heavy atom. The van der Waals surface area contributed by atoms with Crippen LogP contribution in [0.3, 0.4) is 0 Å². The molecule has 1 fully saturated rings. The largest absolute Gasteiger partial charge is 0.356 e.